The van der Waals surface area contributed by atoms with E-state index in [2.05, 4.69) is 21.7 Å². The molecule has 0 unspecified atom stereocenters. The molecule has 0 spiro atoms. The zero-order chi connectivity index (χ0) is 8.55. The molecule has 0 saturated heterocycles. The lowest BCUT2D eigenvalue weighted by Crippen LogP contribution is -1.99. The monoisotopic (exact) mass is 161 g/mol. The van der Waals surface area contributed by atoms with Gasteiger partial charge in [-0.25, -0.2) is 4.79 Å². The molecular weight excluding hydrogens is 154 g/mol. The highest BCUT2D eigenvalue weighted by Crippen LogP contribution is 2.15. The smallest absolute Gasteiger partial charge is 0.306 e. The largest absolute Gasteiger partial charge is 0.323 e. The fourth-order valence-electron chi connectivity index (χ4n) is 1.12. The maximum Gasteiger partial charge on any atom is 0.323 e. The SMILES string of the molecule is C=Nc1ccc2[nH]c(=O)[nH]c2c1. The fraction of sp³-hybridized carbons (Fsp3) is 0. The normalized spacial score (nSPS) is 10.3. The highest BCUT2D eigenvalue weighted by atomic mass is 16.1. The first-order valence-corrected chi connectivity index (χ1v) is 3.48. The van der Waals surface area contributed by atoms with Crippen molar-refractivity contribution in [3.05, 3.63) is 28.7 Å². The number of rotatable bonds is 1. The Bertz CT molecular complexity index is 480. The molecule has 0 atom stereocenters. The number of aromatic nitrogens is 2. The average Bonchev–Trinajstić information content (AvgIpc) is 2.43. The van der Waals surface area contributed by atoms with Crippen LogP contribution in [0.5, 0.6) is 0 Å². The molecule has 2 aromatic rings. The Labute approximate surface area is 68.0 Å². The molecule has 0 bridgehead atoms. The molecule has 1 aromatic heterocycles. The van der Waals surface area contributed by atoms with E-state index in [1.54, 1.807) is 18.2 Å². The highest BCUT2D eigenvalue weighted by molar-refractivity contribution is 5.78. The number of benzene rings is 1. The zero-order valence-corrected chi connectivity index (χ0v) is 6.29. The maximum atomic E-state index is 10.8. The van der Waals surface area contributed by atoms with Crippen molar-refractivity contribution in [1.29, 1.82) is 0 Å². The topological polar surface area (TPSA) is 61.0 Å². The number of nitrogens with one attached hydrogen (secondary N) is 2. The lowest BCUT2D eigenvalue weighted by atomic mass is 10.3. The Morgan fingerprint density at radius 1 is 1.25 bits per heavy atom. The van der Waals surface area contributed by atoms with Crippen LogP contribution in [0.3, 0.4) is 0 Å². The third kappa shape index (κ3) is 0.934. The first-order chi connectivity index (χ1) is 5.79. The fourth-order valence-corrected chi connectivity index (χ4v) is 1.12. The predicted molar refractivity (Wildman–Crippen MR) is 48.1 cm³/mol. The number of aliphatic imine (C=N–C) groups is 1. The number of hydrogen-bond donors (Lipinski definition) is 2. The van der Waals surface area contributed by atoms with Crippen LogP contribution in [0.4, 0.5) is 5.69 Å². The first kappa shape index (κ1) is 6.84. The summed E-state index contributed by atoms with van der Waals surface area (Å²) in [5.41, 5.74) is 2.08. The van der Waals surface area contributed by atoms with E-state index >= 15 is 0 Å². The molecule has 4 heteroatoms. The molecule has 0 radical (unpaired) electrons. The van der Waals surface area contributed by atoms with Gasteiger partial charge < -0.3 is 9.97 Å². The zero-order valence-electron chi connectivity index (χ0n) is 6.29. The molecule has 1 heterocycles. The molecule has 0 amide bonds. The summed E-state index contributed by atoms with van der Waals surface area (Å²) in [6.45, 7) is 3.39. The van der Waals surface area contributed by atoms with E-state index in [1.807, 2.05) is 0 Å². The molecule has 1 aromatic carbocycles. The molecule has 0 aliphatic heterocycles. The van der Waals surface area contributed by atoms with Crippen molar-refractivity contribution in [2.45, 2.75) is 0 Å². The third-order valence-electron chi connectivity index (χ3n) is 1.68. The number of imidazole rings is 1. The molecule has 0 fully saturated rings. The van der Waals surface area contributed by atoms with E-state index in [9.17, 15) is 4.79 Å². The predicted octanol–water partition coefficient (Wildman–Crippen LogP) is 1.19. The minimum absolute atomic E-state index is 0.203. The van der Waals surface area contributed by atoms with Crippen LogP contribution in [0.2, 0.25) is 0 Å². The second-order valence-corrected chi connectivity index (χ2v) is 2.47. The van der Waals surface area contributed by atoms with Crippen LogP contribution in [0.25, 0.3) is 11.0 Å². The van der Waals surface area contributed by atoms with Gasteiger partial charge in [0.05, 0.1) is 16.7 Å². The molecule has 0 aliphatic rings. The summed E-state index contributed by atoms with van der Waals surface area (Å²) in [5.74, 6) is 0. The molecule has 0 aliphatic carbocycles. The second kappa shape index (κ2) is 2.34. The van der Waals surface area contributed by atoms with Crippen LogP contribution in [0.1, 0.15) is 0 Å². The Kier molecular flexibility index (Phi) is 1.33. The number of fused-ring (bicyclic) bond motifs is 1. The summed E-state index contributed by atoms with van der Waals surface area (Å²) < 4.78 is 0. The van der Waals surface area contributed by atoms with Gasteiger partial charge in [-0.1, -0.05) is 0 Å². The Morgan fingerprint density at radius 2 is 2.00 bits per heavy atom. The standard InChI is InChI=1S/C8H7N3O/c1-9-5-2-3-6-7(4-5)11-8(12)10-6/h2-4H,1H2,(H2,10,11,12). The van der Waals surface area contributed by atoms with Gasteiger partial charge in [-0.2, -0.15) is 0 Å². The van der Waals surface area contributed by atoms with Crippen LogP contribution in [0.15, 0.2) is 28.0 Å². The van der Waals surface area contributed by atoms with Gasteiger partial charge in [0.15, 0.2) is 0 Å². The second-order valence-electron chi connectivity index (χ2n) is 2.47. The van der Waals surface area contributed by atoms with E-state index in [1.165, 1.54) is 0 Å². The molecule has 4 nitrogen and oxygen atoms in total. The van der Waals surface area contributed by atoms with Crippen LogP contribution >= 0.6 is 0 Å². The van der Waals surface area contributed by atoms with E-state index in [4.69, 9.17) is 0 Å². The van der Waals surface area contributed by atoms with E-state index < -0.39 is 0 Å². The van der Waals surface area contributed by atoms with Crippen molar-refractivity contribution in [2.24, 2.45) is 4.99 Å². The van der Waals surface area contributed by atoms with Crippen molar-refractivity contribution in [3.8, 4) is 0 Å². The van der Waals surface area contributed by atoms with Crippen LogP contribution < -0.4 is 5.69 Å². The van der Waals surface area contributed by atoms with E-state index in [0.29, 0.717) is 0 Å². The molecule has 2 rings (SSSR count). The summed E-state index contributed by atoms with van der Waals surface area (Å²) in [6.07, 6.45) is 0. The van der Waals surface area contributed by atoms with Gasteiger partial charge in [0, 0.05) is 0 Å². The number of H-pyrrole nitrogens is 2. The van der Waals surface area contributed by atoms with Crippen molar-refractivity contribution in [2.75, 3.05) is 0 Å². The molecular formula is C8H7N3O. The quantitative estimate of drug-likeness (QED) is 0.606. The summed E-state index contributed by atoms with van der Waals surface area (Å²) in [7, 11) is 0. The minimum Gasteiger partial charge on any atom is -0.306 e. The highest BCUT2D eigenvalue weighted by Gasteiger charge is 1.96. The summed E-state index contributed by atoms with van der Waals surface area (Å²) in [5, 5.41) is 0. The Hall–Kier alpha value is -1.84. The van der Waals surface area contributed by atoms with Gasteiger partial charge in [-0.05, 0) is 24.9 Å². The molecule has 2 N–H and O–H groups in total. The van der Waals surface area contributed by atoms with Gasteiger partial charge >= 0.3 is 5.69 Å². The van der Waals surface area contributed by atoms with Crippen LogP contribution in [-0.4, -0.2) is 16.7 Å². The number of hydrogen-bond acceptors (Lipinski definition) is 2. The van der Waals surface area contributed by atoms with Gasteiger partial charge in [-0.3, -0.25) is 4.99 Å². The van der Waals surface area contributed by atoms with Crippen LogP contribution in [0, 0.1) is 0 Å². The van der Waals surface area contributed by atoms with Crippen LogP contribution in [-0.2, 0) is 0 Å². The van der Waals surface area contributed by atoms with Crippen molar-refractivity contribution >= 4 is 23.4 Å². The average molecular weight is 161 g/mol. The molecule has 0 saturated carbocycles. The first-order valence-electron chi connectivity index (χ1n) is 3.48. The van der Waals surface area contributed by atoms with E-state index in [0.717, 1.165) is 16.7 Å². The lowest BCUT2D eigenvalue weighted by molar-refractivity contribution is 1.21. The lowest BCUT2D eigenvalue weighted by Gasteiger charge is -1.90. The number of nitrogens with zero attached hydrogens (tertiary/aromatic N) is 1. The Balaban J connectivity index is 2.82. The molecule has 60 valence electrons. The van der Waals surface area contributed by atoms with Gasteiger partial charge in [0.1, 0.15) is 0 Å². The Morgan fingerprint density at radius 3 is 2.75 bits per heavy atom. The molecule has 12 heavy (non-hydrogen) atoms. The van der Waals surface area contributed by atoms with Crippen molar-refractivity contribution < 1.29 is 0 Å². The summed E-state index contributed by atoms with van der Waals surface area (Å²) >= 11 is 0. The summed E-state index contributed by atoms with van der Waals surface area (Å²) in [4.78, 5) is 19.8. The maximum absolute atomic E-state index is 10.8. The van der Waals surface area contributed by atoms with Gasteiger partial charge in [0.25, 0.3) is 0 Å². The van der Waals surface area contributed by atoms with Gasteiger partial charge in [0.2, 0.25) is 0 Å². The number of aromatic amines is 2. The third-order valence-corrected chi connectivity index (χ3v) is 1.68. The van der Waals surface area contributed by atoms with E-state index in [-0.39, 0.29) is 5.69 Å². The van der Waals surface area contributed by atoms with Gasteiger partial charge in [-0.15, -0.1) is 0 Å². The van der Waals surface area contributed by atoms with Crippen molar-refractivity contribution in [3.63, 3.8) is 0 Å². The van der Waals surface area contributed by atoms with Crippen molar-refractivity contribution in [1.82, 2.24) is 9.97 Å². The summed E-state index contributed by atoms with van der Waals surface area (Å²) in [6, 6.07) is 5.34. The minimum atomic E-state index is -0.203.